The fraction of sp³-hybridized carbons (Fsp3) is 0.172. The van der Waals surface area contributed by atoms with Crippen LogP contribution >= 0.6 is 11.8 Å². The largest absolute Gasteiger partial charge is 0.854 e. The Morgan fingerprint density at radius 1 is 1.11 bits per heavy atom. The number of anilines is 1. The number of ether oxygens (including phenoxy) is 1. The van der Waals surface area contributed by atoms with Crippen molar-refractivity contribution in [3.05, 3.63) is 103 Å². The first-order chi connectivity index (χ1) is 18.1. The minimum absolute atomic E-state index is 0.0974. The minimum atomic E-state index is -0.733. The van der Waals surface area contributed by atoms with Crippen LogP contribution in [0.2, 0.25) is 0 Å². The number of nitrogens with zero attached hydrogens (tertiary/aromatic N) is 4. The van der Waals surface area contributed by atoms with Crippen LogP contribution < -0.4 is 19.4 Å². The molecule has 37 heavy (non-hydrogen) atoms. The summed E-state index contributed by atoms with van der Waals surface area (Å²) in [5, 5.41) is 18.5. The molecule has 0 radical (unpaired) electrons. The molecular weight excluding hydrogens is 484 g/mol. The molecule has 0 fully saturated rings. The molecule has 0 N–H and O–H groups in total. The number of carbonyl (C=O) groups is 1. The van der Waals surface area contributed by atoms with Crippen LogP contribution in [0.4, 0.5) is 5.69 Å². The van der Waals surface area contributed by atoms with Gasteiger partial charge in [-0.2, -0.15) is 0 Å². The molecule has 0 spiro atoms. The molecule has 4 aromatic rings. The van der Waals surface area contributed by atoms with E-state index >= 15 is 0 Å². The van der Waals surface area contributed by atoms with Gasteiger partial charge in [0, 0.05) is 17.3 Å². The Morgan fingerprint density at radius 3 is 2.62 bits per heavy atom. The van der Waals surface area contributed by atoms with Crippen LogP contribution in [0.25, 0.3) is 11.3 Å². The van der Waals surface area contributed by atoms with Gasteiger partial charge in [0.1, 0.15) is 12.4 Å². The fourth-order valence-corrected chi connectivity index (χ4v) is 4.97. The summed E-state index contributed by atoms with van der Waals surface area (Å²) < 4.78 is 7.90. The zero-order valence-corrected chi connectivity index (χ0v) is 21.2. The molecule has 0 aliphatic carbocycles. The Morgan fingerprint density at radius 2 is 1.84 bits per heavy atom. The number of hydrogen-bond acceptors (Lipinski definition) is 6. The molecule has 1 aromatic heterocycles. The van der Waals surface area contributed by atoms with Crippen molar-refractivity contribution in [3.63, 3.8) is 0 Å². The molecule has 3 aromatic carbocycles. The van der Waals surface area contributed by atoms with Crippen LogP contribution in [-0.2, 0) is 11.4 Å². The molecule has 1 amide bonds. The molecule has 0 saturated heterocycles. The molecule has 8 heteroatoms. The Kier molecular flexibility index (Phi) is 7.18. The van der Waals surface area contributed by atoms with Crippen LogP contribution in [0.15, 0.2) is 96.7 Å². The van der Waals surface area contributed by atoms with Crippen molar-refractivity contribution < 1.29 is 19.3 Å². The van der Waals surface area contributed by atoms with Gasteiger partial charge < -0.3 is 9.84 Å². The first-order valence-electron chi connectivity index (χ1n) is 12.0. The predicted molar refractivity (Wildman–Crippen MR) is 141 cm³/mol. The van der Waals surface area contributed by atoms with E-state index < -0.39 is 12.0 Å². The normalized spacial score (nSPS) is 14.0. The van der Waals surface area contributed by atoms with E-state index in [9.17, 15) is 9.90 Å². The van der Waals surface area contributed by atoms with Gasteiger partial charge in [-0.25, -0.2) is 9.88 Å². The number of amides is 1. The summed E-state index contributed by atoms with van der Waals surface area (Å²) in [4.78, 5) is 19.4. The molecule has 1 aliphatic heterocycles. The van der Waals surface area contributed by atoms with Crippen molar-refractivity contribution in [2.24, 2.45) is 0 Å². The zero-order chi connectivity index (χ0) is 25.8. The number of para-hydroxylation sites is 2. The molecule has 5 rings (SSSR count). The standard InChI is InChI=1S/C29H26N4O3S/c1-3-18-37-29-30-27(35)26-21-14-8-10-16-23(21)32(25(34)4-2)28(33(26)31-29)22-15-9-11-17-24(22)36-19-20-12-6-5-7-13-20/h3,5-17,28H,1,4,18-19H2,2H3. The molecule has 0 bridgehead atoms. The van der Waals surface area contributed by atoms with Crippen LogP contribution in [0, 0.1) is 0 Å². The third-order valence-electron chi connectivity index (χ3n) is 6.05. The van der Waals surface area contributed by atoms with Gasteiger partial charge in [-0.15, -0.1) is 6.58 Å². The second kappa shape index (κ2) is 10.8. The van der Waals surface area contributed by atoms with E-state index in [1.807, 2.05) is 85.8 Å². The molecule has 1 aliphatic rings. The van der Waals surface area contributed by atoms with Gasteiger partial charge in [-0.3, -0.25) is 4.79 Å². The Balaban J connectivity index is 1.70. The highest BCUT2D eigenvalue weighted by atomic mass is 32.2. The van der Waals surface area contributed by atoms with E-state index in [1.165, 1.54) is 11.8 Å². The van der Waals surface area contributed by atoms with Crippen LogP contribution in [0.5, 0.6) is 11.6 Å². The maximum atomic E-state index is 13.5. The first kappa shape index (κ1) is 24.5. The lowest BCUT2D eigenvalue weighted by Crippen LogP contribution is -2.59. The number of carbonyl (C=O) groups excluding carboxylic acids is 1. The number of aromatic nitrogens is 3. The van der Waals surface area contributed by atoms with Gasteiger partial charge in [-0.1, -0.05) is 84.0 Å². The Hall–Kier alpha value is -4.17. The van der Waals surface area contributed by atoms with Gasteiger partial charge in [0.2, 0.25) is 5.91 Å². The molecule has 1 unspecified atom stereocenters. The Bertz CT molecular complexity index is 1440. The molecular formula is C29H26N4O3S. The number of rotatable bonds is 8. The maximum Gasteiger partial charge on any atom is 0.296 e. The van der Waals surface area contributed by atoms with Gasteiger partial charge >= 0.3 is 0 Å². The summed E-state index contributed by atoms with van der Waals surface area (Å²) in [6.45, 7) is 5.93. The average Bonchev–Trinajstić information content (AvgIpc) is 2.94. The molecule has 0 saturated carbocycles. The third kappa shape index (κ3) is 4.80. The lowest BCUT2D eigenvalue weighted by molar-refractivity contribution is -0.764. The van der Waals surface area contributed by atoms with E-state index in [0.717, 1.165) is 11.1 Å². The first-order valence-corrected chi connectivity index (χ1v) is 13.0. The molecule has 2 heterocycles. The summed E-state index contributed by atoms with van der Waals surface area (Å²) in [6, 6.07) is 24.8. The predicted octanol–water partition coefficient (Wildman–Crippen LogP) is 4.67. The van der Waals surface area contributed by atoms with Crippen LogP contribution in [-0.4, -0.2) is 21.7 Å². The topological polar surface area (TPSA) is 82.3 Å². The highest BCUT2D eigenvalue weighted by Crippen LogP contribution is 2.42. The van der Waals surface area contributed by atoms with Crippen molar-refractivity contribution >= 4 is 23.4 Å². The number of thioether (sulfide) groups is 1. The van der Waals surface area contributed by atoms with Gasteiger partial charge in [-0.05, 0) is 29.8 Å². The molecule has 1 atom stereocenters. The lowest BCUT2D eigenvalue weighted by atomic mass is 10.0. The van der Waals surface area contributed by atoms with Crippen molar-refractivity contribution in [2.75, 3.05) is 10.7 Å². The molecule has 186 valence electrons. The zero-order valence-electron chi connectivity index (χ0n) is 20.4. The highest BCUT2D eigenvalue weighted by molar-refractivity contribution is 7.99. The number of fused-ring (bicyclic) bond motifs is 3. The van der Waals surface area contributed by atoms with Crippen molar-refractivity contribution in [1.82, 2.24) is 10.1 Å². The fourth-order valence-electron chi connectivity index (χ4n) is 4.41. The molecule has 7 nitrogen and oxygen atoms in total. The maximum absolute atomic E-state index is 13.5. The van der Waals surface area contributed by atoms with Crippen LogP contribution in [0.1, 0.15) is 30.6 Å². The smallest absolute Gasteiger partial charge is 0.296 e. The van der Waals surface area contributed by atoms with Crippen molar-refractivity contribution in [3.8, 4) is 22.9 Å². The quantitative estimate of drug-likeness (QED) is 0.195. The Labute approximate surface area is 220 Å². The van der Waals surface area contributed by atoms with Crippen LogP contribution in [0.3, 0.4) is 0 Å². The van der Waals surface area contributed by atoms with E-state index in [1.54, 1.807) is 15.7 Å². The van der Waals surface area contributed by atoms with Crippen molar-refractivity contribution in [1.29, 1.82) is 0 Å². The van der Waals surface area contributed by atoms with E-state index in [2.05, 4.69) is 11.6 Å². The summed E-state index contributed by atoms with van der Waals surface area (Å²) in [6.07, 6.45) is 1.28. The minimum Gasteiger partial charge on any atom is -0.854 e. The van der Waals surface area contributed by atoms with Crippen molar-refractivity contribution in [2.45, 2.75) is 31.3 Å². The summed E-state index contributed by atoms with van der Waals surface area (Å²) in [7, 11) is 0. The van der Waals surface area contributed by atoms with Gasteiger partial charge in [0.15, 0.2) is 0 Å². The number of benzene rings is 3. The van der Waals surface area contributed by atoms with E-state index in [4.69, 9.17) is 9.84 Å². The van der Waals surface area contributed by atoms with E-state index in [0.29, 0.717) is 40.2 Å². The highest BCUT2D eigenvalue weighted by Gasteiger charge is 2.45. The average molecular weight is 511 g/mol. The summed E-state index contributed by atoms with van der Waals surface area (Å²) in [5.41, 5.74) is 3.34. The van der Waals surface area contributed by atoms with Gasteiger partial charge in [0.05, 0.1) is 22.7 Å². The summed E-state index contributed by atoms with van der Waals surface area (Å²) >= 11 is 1.32. The second-order valence-corrected chi connectivity index (χ2v) is 9.40. The van der Waals surface area contributed by atoms with E-state index in [-0.39, 0.29) is 12.3 Å². The SMILES string of the molecule is C=CCSc1nc([O-])c2[n+](n1)C(c1ccccc1OCc1ccccc1)N(C(=O)CC)c1ccccc1-2. The second-order valence-electron chi connectivity index (χ2n) is 8.41. The monoisotopic (exact) mass is 510 g/mol. The van der Waals surface area contributed by atoms with Gasteiger partial charge in [0.25, 0.3) is 17.0 Å². The summed E-state index contributed by atoms with van der Waals surface area (Å²) in [5.74, 6) is 0.661. The number of hydrogen-bond donors (Lipinski definition) is 0. The lowest BCUT2D eigenvalue weighted by Gasteiger charge is -2.34. The third-order valence-corrected chi connectivity index (χ3v) is 6.89.